The maximum atomic E-state index is 12.1. The van der Waals surface area contributed by atoms with E-state index in [1.54, 1.807) is 20.2 Å². The zero-order valence-electron chi connectivity index (χ0n) is 10.8. The Labute approximate surface area is 116 Å². The van der Waals surface area contributed by atoms with E-state index >= 15 is 0 Å². The van der Waals surface area contributed by atoms with Gasteiger partial charge in [0.2, 0.25) is 0 Å². The van der Waals surface area contributed by atoms with Gasteiger partial charge in [-0.15, -0.1) is 0 Å². The third-order valence-electron chi connectivity index (χ3n) is 2.94. The lowest BCUT2D eigenvalue weighted by atomic mass is 10.0. The molecule has 1 aromatic rings. The first kappa shape index (κ1) is 13.7. The van der Waals surface area contributed by atoms with Gasteiger partial charge in [0.1, 0.15) is 5.75 Å². The molecule has 6 heteroatoms. The molecule has 0 unspecified atom stereocenters. The number of carbonyl (C=O) groups is 2. The van der Waals surface area contributed by atoms with Gasteiger partial charge in [0, 0.05) is 24.7 Å². The van der Waals surface area contributed by atoms with Crippen LogP contribution in [0.15, 0.2) is 12.1 Å². The molecule has 1 aliphatic rings. The van der Waals surface area contributed by atoms with E-state index in [1.165, 1.54) is 11.0 Å². The number of nitrogens with zero attached hydrogens (tertiary/aromatic N) is 1. The second-order valence-electron chi connectivity index (χ2n) is 4.77. The van der Waals surface area contributed by atoms with Gasteiger partial charge in [-0.25, -0.2) is 4.79 Å². The molecule has 0 spiro atoms. The van der Waals surface area contributed by atoms with Crippen molar-refractivity contribution in [2.24, 2.45) is 5.73 Å². The summed E-state index contributed by atoms with van der Waals surface area (Å²) >= 11 is 6.04. The highest BCUT2D eigenvalue weighted by Gasteiger charge is 2.31. The number of hydrogen-bond acceptors (Lipinski definition) is 3. The standard InChI is InChI=1S/C13H15ClN2O3/c1-16(2)12(17)10-6-8(14)5-9(7-3-4-7)11(10)19-13(15)18/h5-7H,3-4H2,1-2H3,(H2,15,18). The van der Waals surface area contributed by atoms with Crippen molar-refractivity contribution in [1.29, 1.82) is 0 Å². The van der Waals surface area contributed by atoms with Crippen molar-refractivity contribution in [2.45, 2.75) is 18.8 Å². The molecule has 2 amide bonds. The van der Waals surface area contributed by atoms with Crippen LogP contribution in [0, 0.1) is 0 Å². The van der Waals surface area contributed by atoms with E-state index in [0.717, 1.165) is 18.4 Å². The normalized spacial score (nSPS) is 14.1. The first-order chi connectivity index (χ1) is 8.90. The number of nitrogens with two attached hydrogens (primary N) is 1. The molecule has 5 nitrogen and oxygen atoms in total. The van der Waals surface area contributed by atoms with Crippen LogP contribution in [0.3, 0.4) is 0 Å². The van der Waals surface area contributed by atoms with Gasteiger partial charge in [-0.2, -0.15) is 0 Å². The van der Waals surface area contributed by atoms with Crippen molar-refractivity contribution < 1.29 is 14.3 Å². The van der Waals surface area contributed by atoms with Crippen molar-refractivity contribution in [3.8, 4) is 5.75 Å². The summed E-state index contributed by atoms with van der Waals surface area (Å²) in [4.78, 5) is 24.6. The molecule has 0 aliphatic heterocycles. The Hall–Kier alpha value is -1.75. The highest BCUT2D eigenvalue weighted by molar-refractivity contribution is 6.31. The lowest BCUT2D eigenvalue weighted by Gasteiger charge is -2.16. The monoisotopic (exact) mass is 282 g/mol. The summed E-state index contributed by atoms with van der Waals surface area (Å²) in [5, 5.41) is 0.448. The van der Waals surface area contributed by atoms with Crippen molar-refractivity contribution >= 4 is 23.6 Å². The first-order valence-electron chi connectivity index (χ1n) is 5.92. The van der Waals surface area contributed by atoms with Gasteiger partial charge < -0.3 is 15.4 Å². The fraction of sp³-hybridized carbons (Fsp3) is 0.385. The van der Waals surface area contributed by atoms with Crippen LogP contribution in [-0.4, -0.2) is 31.0 Å². The predicted molar refractivity (Wildman–Crippen MR) is 71.7 cm³/mol. The van der Waals surface area contributed by atoms with Gasteiger partial charge in [0.25, 0.3) is 5.91 Å². The number of amides is 2. The Morgan fingerprint density at radius 1 is 1.37 bits per heavy atom. The minimum atomic E-state index is -0.933. The van der Waals surface area contributed by atoms with Crippen LogP contribution in [0.2, 0.25) is 5.02 Å². The van der Waals surface area contributed by atoms with Crippen molar-refractivity contribution in [1.82, 2.24) is 4.90 Å². The Kier molecular flexibility index (Phi) is 3.66. The molecule has 1 fully saturated rings. The van der Waals surface area contributed by atoms with Crippen LogP contribution in [0.1, 0.15) is 34.7 Å². The lowest BCUT2D eigenvalue weighted by molar-refractivity contribution is 0.0825. The van der Waals surface area contributed by atoms with Gasteiger partial charge in [-0.05, 0) is 30.9 Å². The van der Waals surface area contributed by atoms with Gasteiger partial charge in [-0.3, -0.25) is 4.79 Å². The fourth-order valence-corrected chi connectivity index (χ4v) is 2.15. The minimum absolute atomic E-state index is 0.234. The van der Waals surface area contributed by atoms with E-state index in [0.29, 0.717) is 5.02 Å². The summed E-state index contributed by atoms with van der Waals surface area (Å²) in [5.41, 5.74) is 6.11. The average molecular weight is 283 g/mol. The van der Waals surface area contributed by atoms with Gasteiger partial charge in [0.05, 0.1) is 5.56 Å². The third-order valence-corrected chi connectivity index (χ3v) is 3.16. The molecule has 1 aliphatic carbocycles. The maximum absolute atomic E-state index is 12.1. The number of benzene rings is 1. The van der Waals surface area contributed by atoms with E-state index in [-0.39, 0.29) is 23.1 Å². The largest absolute Gasteiger partial charge is 0.409 e. The van der Waals surface area contributed by atoms with Gasteiger partial charge in [-0.1, -0.05) is 11.6 Å². The van der Waals surface area contributed by atoms with Crippen molar-refractivity contribution in [2.75, 3.05) is 14.1 Å². The smallest absolute Gasteiger partial charge is 0.409 e. The average Bonchev–Trinajstić information content (AvgIpc) is 3.13. The van der Waals surface area contributed by atoms with Crippen molar-refractivity contribution in [3.05, 3.63) is 28.3 Å². The van der Waals surface area contributed by atoms with Crippen LogP contribution < -0.4 is 10.5 Å². The van der Waals surface area contributed by atoms with Crippen molar-refractivity contribution in [3.63, 3.8) is 0 Å². The third kappa shape index (κ3) is 2.98. The van der Waals surface area contributed by atoms with Gasteiger partial charge in [0.15, 0.2) is 0 Å². The molecule has 19 heavy (non-hydrogen) atoms. The number of halogens is 1. The zero-order chi connectivity index (χ0) is 14.2. The molecular formula is C13H15ClN2O3. The molecule has 0 aromatic heterocycles. The second-order valence-corrected chi connectivity index (χ2v) is 5.20. The molecular weight excluding hydrogens is 268 g/mol. The fourth-order valence-electron chi connectivity index (χ4n) is 1.93. The van der Waals surface area contributed by atoms with Crippen LogP contribution in [-0.2, 0) is 0 Å². The highest BCUT2D eigenvalue weighted by atomic mass is 35.5. The summed E-state index contributed by atoms with van der Waals surface area (Å²) in [5.74, 6) is 0.237. The molecule has 0 radical (unpaired) electrons. The van der Waals surface area contributed by atoms with E-state index in [1.807, 2.05) is 0 Å². The predicted octanol–water partition coefficient (Wildman–Crippen LogP) is 2.38. The van der Waals surface area contributed by atoms with Crippen LogP contribution in [0.25, 0.3) is 0 Å². The molecule has 1 saturated carbocycles. The van der Waals surface area contributed by atoms with E-state index < -0.39 is 6.09 Å². The van der Waals surface area contributed by atoms with Crippen LogP contribution >= 0.6 is 11.6 Å². The molecule has 2 N–H and O–H groups in total. The van der Waals surface area contributed by atoms with E-state index in [2.05, 4.69) is 0 Å². The number of carbonyl (C=O) groups excluding carboxylic acids is 2. The molecule has 0 atom stereocenters. The quantitative estimate of drug-likeness (QED) is 0.925. The summed E-state index contributed by atoms with van der Waals surface area (Å²) in [7, 11) is 3.24. The van der Waals surface area contributed by atoms with Crippen LogP contribution in [0.5, 0.6) is 5.75 Å². The molecule has 0 saturated heterocycles. The number of rotatable bonds is 3. The SMILES string of the molecule is CN(C)C(=O)c1cc(Cl)cc(C2CC2)c1OC(N)=O. The Bertz CT molecular complexity index is 539. The Balaban J connectivity index is 2.55. The summed E-state index contributed by atoms with van der Waals surface area (Å²) in [6, 6.07) is 3.22. The summed E-state index contributed by atoms with van der Waals surface area (Å²) < 4.78 is 5.04. The summed E-state index contributed by atoms with van der Waals surface area (Å²) in [6.45, 7) is 0. The molecule has 1 aromatic carbocycles. The zero-order valence-corrected chi connectivity index (χ0v) is 11.5. The maximum Gasteiger partial charge on any atom is 0.409 e. The van der Waals surface area contributed by atoms with E-state index in [9.17, 15) is 9.59 Å². The van der Waals surface area contributed by atoms with Crippen LogP contribution in [0.4, 0.5) is 4.79 Å². The minimum Gasteiger partial charge on any atom is -0.409 e. The molecule has 0 bridgehead atoms. The van der Waals surface area contributed by atoms with E-state index in [4.69, 9.17) is 22.1 Å². The Morgan fingerprint density at radius 2 is 2.00 bits per heavy atom. The number of hydrogen-bond donors (Lipinski definition) is 1. The topological polar surface area (TPSA) is 72.6 Å². The lowest BCUT2D eigenvalue weighted by Crippen LogP contribution is -2.25. The van der Waals surface area contributed by atoms with Gasteiger partial charge >= 0.3 is 6.09 Å². The molecule has 0 heterocycles. The second kappa shape index (κ2) is 5.09. The molecule has 102 valence electrons. The Morgan fingerprint density at radius 3 is 2.47 bits per heavy atom. The summed E-state index contributed by atoms with van der Waals surface area (Å²) in [6.07, 6.45) is 1.05. The molecule has 2 rings (SSSR count). The number of ether oxygens (including phenoxy) is 1. The first-order valence-corrected chi connectivity index (χ1v) is 6.30. The number of primary amides is 1. The highest BCUT2D eigenvalue weighted by Crippen LogP contribution is 2.46.